The lowest BCUT2D eigenvalue weighted by Crippen LogP contribution is -2.06. The monoisotopic (exact) mass is 484 g/mol. The summed E-state index contributed by atoms with van der Waals surface area (Å²) < 4.78 is 11.1. The van der Waals surface area contributed by atoms with E-state index in [1.807, 2.05) is 50.2 Å². The van der Waals surface area contributed by atoms with Gasteiger partial charge < -0.3 is 9.26 Å². The summed E-state index contributed by atoms with van der Waals surface area (Å²) in [5.74, 6) is 2.47. The summed E-state index contributed by atoms with van der Waals surface area (Å²) in [7, 11) is 0. The van der Waals surface area contributed by atoms with E-state index in [4.69, 9.17) is 14.4 Å². The summed E-state index contributed by atoms with van der Waals surface area (Å²) in [6.07, 6.45) is 3.33. The van der Waals surface area contributed by atoms with Crippen LogP contribution in [0.15, 0.2) is 71.3 Å². The Morgan fingerprint density at radius 3 is 2.66 bits per heavy atom. The van der Waals surface area contributed by atoms with E-state index >= 15 is 0 Å². The number of fused-ring (bicyclic) bond motifs is 1. The van der Waals surface area contributed by atoms with Gasteiger partial charge in [-0.15, -0.1) is 0 Å². The third-order valence-corrected chi connectivity index (χ3v) is 6.12. The van der Waals surface area contributed by atoms with Gasteiger partial charge in [0.05, 0.1) is 11.7 Å². The van der Waals surface area contributed by atoms with E-state index in [0.717, 1.165) is 24.2 Å². The summed E-state index contributed by atoms with van der Waals surface area (Å²) in [5, 5.41) is 18.8. The van der Waals surface area contributed by atoms with E-state index in [1.165, 1.54) is 35.1 Å². The minimum absolute atomic E-state index is 0.00290. The molecule has 0 radical (unpaired) electrons. The van der Waals surface area contributed by atoms with E-state index in [-0.39, 0.29) is 6.10 Å². The Kier molecular flexibility index (Phi) is 8.19. The Bertz CT molecular complexity index is 1310. The topological polar surface area (TPSA) is 98.0 Å². The largest absolute Gasteiger partial charge is 0.490 e. The van der Waals surface area contributed by atoms with Crippen molar-refractivity contribution in [1.82, 2.24) is 10.1 Å². The van der Waals surface area contributed by atoms with E-state index in [9.17, 15) is 5.26 Å². The molecular formula is C28H28N4O2S. The lowest BCUT2D eigenvalue weighted by molar-refractivity contribution is 0.241. The molecule has 178 valence electrons. The molecule has 1 aliphatic rings. The van der Waals surface area contributed by atoms with Crippen LogP contribution in [0, 0.1) is 11.3 Å². The van der Waals surface area contributed by atoms with E-state index in [1.54, 1.807) is 12.1 Å². The van der Waals surface area contributed by atoms with Crippen molar-refractivity contribution in [2.75, 3.05) is 0 Å². The van der Waals surface area contributed by atoms with Gasteiger partial charge in [-0.05, 0) is 68.0 Å². The number of nitrogens with zero attached hydrogens (tertiary/aromatic N) is 3. The second-order valence-corrected chi connectivity index (χ2v) is 9.13. The summed E-state index contributed by atoms with van der Waals surface area (Å²) in [5.41, 5.74) is 6.18. The predicted molar refractivity (Wildman–Crippen MR) is 140 cm³/mol. The third-order valence-electron chi connectivity index (χ3n) is 5.62. The minimum atomic E-state index is 0.00290. The number of hydrogen-bond acceptors (Lipinski definition) is 7. The maximum absolute atomic E-state index is 9.40. The summed E-state index contributed by atoms with van der Waals surface area (Å²) in [6.45, 7) is 3.86. The van der Waals surface area contributed by atoms with Gasteiger partial charge in [0.2, 0.25) is 5.82 Å². The first-order chi connectivity index (χ1) is 17.1. The van der Waals surface area contributed by atoms with Crippen LogP contribution in [0.25, 0.3) is 22.8 Å². The van der Waals surface area contributed by atoms with Gasteiger partial charge in [0.25, 0.3) is 5.89 Å². The van der Waals surface area contributed by atoms with Gasteiger partial charge >= 0.3 is 0 Å². The highest BCUT2D eigenvalue weighted by Crippen LogP contribution is 2.33. The zero-order chi connectivity index (χ0) is 24.6. The Balaban J connectivity index is 0.000000271. The highest BCUT2D eigenvalue weighted by molar-refractivity contribution is 7.96. The minimum Gasteiger partial charge on any atom is -0.490 e. The molecular weight excluding hydrogens is 456 g/mol. The maximum atomic E-state index is 9.40. The summed E-state index contributed by atoms with van der Waals surface area (Å²) in [4.78, 5) is 4.57. The van der Waals surface area contributed by atoms with Gasteiger partial charge in [-0.2, -0.15) is 10.2 Å². The molecule has 0 saturated heterocycles. The number of nitrogens with two attached hydrogens (primary N) is 1. The second kappa shape index (κ2) is 11.7. The molecule has 3 aromatic carbocycles. The molecule has 0 saturated carbocycles. The van der Waals surface area contributed by atoms with Crippen molar-refractivity contribution in [3.05, 3.63) is 89.0 Å². The number of benzene rings is 3. The van der Waals surface area contributed by atoms with Crippen LogP contribution in [-0.2, 0) is 18.6 Å². The SMILES string of the molecule is CC(C)Oc1ccc(-c2nc(-c3cccc4c3CCC4)no2)cc1C#N.NSCc1ccccc1. The van der Waals surface area contributed by atoms with Crippen molar-refractivity contribution in [1.29, 1.82) is 5.26 Å². The quantitative estimate of drug-likeness (QED) is 0.319. The molecule has 2 N–H and O–H groups in total. The van der Waals surface area contributed by atoms with Crippen molar-refractivity contribution >= 4 is 11.9 Å². The zero-order valence-electron chi connectivity index (χ0n) is 19.9. The first-order valence-corrected chi connectivity index (χ1v) is 12.7. The van der Waals surface area contributed by atoms with Gasteiger partial charge in [-0.1, -0.05) is 65.6 Å². The molecule has 0 unspecified atom stereocenters. The molecule has 1 aromatic heterocycles. The lowest BCUT2D eigenvalue weighted by Gasteiger charge is -2.11. The molecule has 6 nitrogen and oxygen atoms in total. The van der Waals surface area contributed by atoms with Crippen molar-refractivity contribution in [2.24, 2.45) is 5.14 Å². The van der Waals surface area contributed by atoms with E-state index in [0.29, 0.717) is 28.6 Å². The molecule has 4 aromatic rings. The van der Waals surface area contributed by atoms with Gasteiger partial charge in [0.1, 0.15) is 11.8 Å². The predicted octanol–water partition coefficient (Wildman–Crippen LogP) is 6.34. The van der Waals surface area contributed by atoms with Gasteiger partial charge in [-0.25, -0.2) is 0 Å². The van der Waals surface area contributed by atoms with Crippen LogP contribution >= 0.6 is 11.9 Å². The van der Waals surface area contributed by atoms with Crippen LogP contribution in [0.2, 0.25) is 0 Å². The first kappa shape index (κ1) is 24.5. The van der Waals surface area contributed by atoms with E-state index in [2.05, 4.69) is 34.4 Å². The zero-order valence-corrected chi connectivity index (χ0v) is 20.7. The van der Waals surface area contributed by atoms with E-state index < -0.39 is 0 Å². The van der Waals surface area contributed by atoms with Crippen molar-refractivity contribution in [2.45, 2.75) is 45.0 Å². The van der Waals surface area contributed by atoms with Crippen molar-refractivity contribution in [3.8, 4) is 34.7 Å². The van der Waals surface area contributed by atoms with Crippen LogP contribution in [0.4, 0.5) is 0 Å². The molecule has 0 fully saturated rings. The molecule has 7 heteroatoms. The molecule has 5 rings (SSSR count). The standard InChI is InChI=1S/C21H19N3O2.C7H9NS/c1-13(2)25-19-10-9-15(11-16(19)12-22)21-23-20(24-26-21)18-8-4-6-14-5-3-7-17(14)18;8-9-6-7-4-2-1-3-5-7/h4,6,8-11,13H,3,5,7H2,1-2H3;1-5H,6,8H2. The molecule has 1 heterocycles. The smallest absolute Gasteiger partial charge is 0.258 e. The fraction of sp³-hybridized carbons (Fsp3) is 0.250. The first-order valence-electron chi connectivity index (χ1n) is 11.6. The Morgan fingerprint density at radius 2 is 1.91 bits per heavy atom. The number of aryl methyl sites for hydroxylation is 1. The van der Waals surface area contributed by atoms with Crippen LogP contribution in [0.1, 0.15) is 42.5 Å². The highest BCUT2D eigenvalue weighted by atomic mass is 32.2. The highest BCUT2D eigenvalue weighted by Gasteiger charge is 2.20. The molecule has 0 bridgehead atoms. The number of ether oxygens (including phenoxy) is 1. The number of aromatic nitrogens is 2. The molecule has 1 aliphatic carbocycles. The van der Waals surface area contributed by atoms with Crippen LogP contribution in [-0.4, -0.2) is 16.2 Å². The van der Waals surface area contributed by atoms with Crippen LogP contribution in [0.3, 0.4) is 0 Å². The van der Waals surface area contributed by atoms with Gasteiger partial charge in [0.15, 0.2) is 0 Å². The fourth-order valence-corrected chi connectivity index (χ4v) is 4.44. The fourth-order valence-electron chi connectivity index (χ4n) is 4.06. The van der Waals surface area contributed by atoms with Crippen molar-refractivity contribution < 1.29 is 9.26 Å². The molecule has 0 spiro atoms. The lowest BCUT2D eigenvalue weighted by atomic mass is 10.0. The average molecular weight is 485 g/mol. The summed E-state index contributed by atoms with van der Waals surface area (Å²) in [6, 6.07) is 23.9. The van der Waals surface area contributed by atoms with Crippen LogP contribution in [0.5, 0.6) is 5.75 Å². The second-order valence-electron chi connectivity index (χ2n) is 8.51. The Labute approximate surface area is 210 Å². The average Bonchev–Trinajstić information content (AvgIpc) is 3.55. The molecule has 0 atom stereocenters. The normalized spacial score (nSPS) is 12.0. The summed E-state index contributed by atoms with van der Waals surface area (Å²) >= 11 is 1.35. The van der Waals surface area contributed by atoms with Gasteiger partial charge in [-0.3, -0.25) is 5.14 Å². The molecule has 35 heavy (non-hydrogen) atoms. The number of nitriles is 1. The van der Waals surface area contributed by atoms with Crippen molar-refractivity contribution in [3.63, 3.8) is 0 Å². The van der Waals surface area contributed by atoms with Crippen LogP contribution < -0.4 is 9.88 Å². The number of hydrogen-bond donors (Lipinski definition) is 1. The Morgan fingerprint density at radius 1 is 1.09 bits per heavy atom. The molecule has 0 amide bonds. The number of rotatable bonds is 6. The maximum Gasteiger partial charge on any atom is 0.258 e. The third kappa shape index (κ3) is 6.10. The van der Waals surface area contributed by atoms with Gasteiger partial charge in [0, 0.05) is 16.9 Å². The Hall–Kier alpha value is -3.60. The molecule has 0 aliphatic heterocycles.